The molecule has 5 nitrogen and oxygen atoms in total. The summed E-state index contributed by atoms with van der Waals surface area (Å²) in [5.41, 5.74) is 1.36. The number of carbonyl (C=O) groups is 1. The molecule has 0 unspecified atom stereocenters. The Kier molecular flexibility index (Phi) is 2.02. The van der Waals surface area contributed by atoms with Crippen LogP contribution in [0.5, 0.6) is 0 Å². The van der Waals surface area contributed by atoms with Gasteiger partial charge in [-0.2, -0.15) is 5.10 Å². The van der Waals surface area contributed by atoms with Crippen LogP contribution in [-0.4, -0.2) is 35.2 Å². The normalized spacial score (nSPS) is 16.7. The van der Waals surface area contributed by atoms with Crippen LogP contribution in [0.1, 0.15) is 16.2 Å². The first-order valence-electron chi connectivity index (χ1n) is 4.29. The summed E-state index contributed by atoms with van der Waals surface area (Å²) in [7, 11) is 0. The predicted molar refractivity (Wildman–Crippen MR) is 47.4 cm³/mol. The molecule has 70 valence electrons. The number of H-pyrrole nitrogens is 1. The van der Waals surface area contributed by atoms with Gasteiger partial charge in [0.1, 0.15) is 5.69 Å². The second kappa shape index (κ2) is 3.18. The van der Waals surface area contributed by atoms with E-state index in [4.69, 9.17) is 0 Å². The Labute approximate surface area is 75.9 Å². The number of aromatic nitrogens is 2. The molecule has 2 rings (SSSR count). The molecule has 0 atom stereocenters. The smallest absolute Gasteiger partial charge is 0.272 e. The monoisotopic (exact) mass is 180 g/mol. The highest BCUT2D eigenvalue weighted by molar-refractivity contribution is 5.92. The van der Waals surface area contributed by atoms with E-state index < -0.39 is 0 Å². The quantitative estimate of drug-likeness (QED) is 0.570. The van der Waals surface area contributed by atoms with Crippen LogP contribution in [0.4, 0.5) is 0 Å². The summed E-state index contributed by atoms with van der Waals surface area (Å²) >= 11 is 0. The fourth-order valence-corrected chi connectivity index (χ4v) is 1.18. The lowest BCUT2D eigenvalue weighted by Gasteiger charge is -2.27. The van der Waals surface area contributed by atoms with Gasteiger partial charge in [-0.15, -0.1) is 0 Å². The van der Waals surface area contributed by atoms with Crippen LogP contribution in [0.15, 0.2) is 6.07 Å². The summed E-state index contributed by atoms with van der Waals surface area (Å²) in [6.45, 7) is 3.58. The molecule has 1 saturated heterocycles. The van der Waals surface area contributed by atoms with E-state index in [0.717, 1.165) is 18.8 Å². The van der Waals surface area contributed by atoms with Crippen LogP contribution < -0.4 is 10.6 Å². The van der Waals surface area contributed by atoms with Crippen LogP contribution in [0.25, 0.3) is 0 Å². The van der Waals surface area contributed by atoms with Crippen LogP contribution in [-0.2, 0) is 0 Å². The third-order valence-corrected chi connectivity index (χ3v) is 2.06. The van der Waals surface area contributed by atoms with Gasteiger partial charge in [-0.1, -0.05) is 0 Å². The van der Waals surface area contributed by atoms with Gasteiger partial charge in [-0.05, 0) is 13.0 Å². The molecule has 0 saturated carbocycles. The Bertz CT molecular complexity index is 316. The molecule has 1 fully saturated rings. The Morgan fingerprint density at radius 1 is 1.69 bits per heavy atom. The SMILES string of the molecule is Cc1cc(C(=O)NC2CNC2)n[nH]1. The topological polar surface area (TPSA) is 69.8 Å². The van der Waals surface area contributed by atoms with Gasteiger partial charge < -0.3 is 10.6 Å². The van der Waals surface area contributed by atoms with Gasteiger partial charge in [0.2, 0.25) is 0 Å². The molecule has 2 heterocycles. The third-order valence-electron chi connectivity index (χ3n) is 2.06. The fourth-order valence-electron chi connectivity index (χ4n) is 1.18. The molecule has 1 aliphatic rings. The maximum Gasteiger partial charge on any atom is 0.272 e. The van der Waals surface area contributed by atoms with E-state index in [1.54, 1.807) is 6.07 Å². The molecular formula is C8H12N4O. The van der Waals surface area contributed by atoms with E-state index in [1.165, 1.54) is 0 Å². The number of nitrogens with one attached hydrogen (secondary N) is 3. The average Bonchev–Trinajstić information content (AvgIpc) is 2.44. The number of hydrogen-bond acceptors (Lipinski definition) is 3. The van der Waals surface area contributed by atoms with Gasteiger partial charge in [0.25, 0.3) is 5.91 Å². The maximum atomic E-state index is 11.4. The summed E-state index contributed by atoms with van der Waals surface area (Å²) in [5, 5.41) is 12.5. The first-order chi connectivity index (χ1) is 6.25. The van der Waals surface area contributed by atoms with E-state index in [9.17, 15) is 4.79 Å². The van der Waals surface area contributed by atoms with Crippen molar-refractivity contribution >= 4 is 5.91 Å². The van der Waals surface area contributed by atoms with E-state index in [1.807, 2.05) is 6.92 Å². The van der Waals surface area contributed by atoms with Crippen LogP contribution in [0.3, 0.4) is 0 Å². The Morgan fingerprint density at radius 2 is 2.46 bits per heavy atom. The first kappa shape index (κ1) is 8.25. The molecule has 3 N–H and O–H groups in total. The number of aryl methyl sites for hydroxylation is 1. The molecule has 1 aromatic rings. The van der Waals surface area contributed by atoms with Crippen LogP contribution in [0, 0.1) is 6.92 Å². The molecule has 0 radical (unpaired) electrons. The summed E-state index contributed by atoms with van der Waals surface area (Å²) in [4.78, 5) is 11.4. The number of rotatable bonds is 2. The molecule has 1 amide bonds. The lowest BCUT2D eigenvalue weighted by atomic mass is 10.2. The van der Waals surface area contributed by atoms with Crippen molar-refractivity contribution in [1.82, 2.24) is 20.8 Å². The van der Waals surface area contributed by atoms with Crippen molar-refractivity contribution in [2.75, 3.05) is 13.1 Å². The van der Waals surface area contributed by atoms with Gasteiger partial charge in [-0.25, -0.2) is 0 Å². The van der Waals surface area contributed by atoms with Crippen molar-refractivity contribution in [3.05, 3.63) is 17.5 Å². The minimum absolute atomic E-state index is 0.101. The van der Waals surface area contributed by atoms with E-state index in [0.29, 0.717) is 5.69 Å². The largest absolute Gasteiger partial charge is 0.345 e. The average molecular weight is 180 g/mol. The first-order valence-corrected chi connectivity index (χ1v) is 4.29. The number of amides is 1. The van der Waals surface area contributed by atoms with Crippen LogP contribution in [0.2, 0.25) is 0 Å². The zero-order valence-electron chi connectivity index (χ0n) is 7.42. The highest BCUT2D eigenvalue weighted by Gasteiger charge is 2.20. The van der Waals surface area contributed by atoms with Gasteiger partial charge in [0, 0.05) is 18.8 Å². The molecular weight excluding hydrogens is 168 g/mol. The highest BCUT2D eigenvalue weighted by atomic mass is 16.2. The standard InChI is InChI=1S/C8H12N4O/c1-5-2-7(12-11-5)8(13)10-6-3-9-4-6/h2,6,9H,3-4H2,1H3,(H,10,13)(H,11,12). The van der Waals surface area contributed by atoms with Crippen molar-refractivity contribution in [1.29, 1.82) is 0 Å². The molecule has 0 spiro atoms. The molecule has 1 aromatic heterocycles. The summed E-state index contributed by atoms with van der Waals surface area (Å²) < 4.78 is 0. The molecule has 5 heteroatoms. The van der Waals surface area contributed by atoms with Crippen molar-refractivity contribution in [2.45, 2.75) is 13.0 Å². The second-order valence-corrected chi connectivity index (χ2v) is 3.26. The van der Waals surface area contributed by atoms with Crippen molar-refractivity contribution in [3.63, 3.8) is 0 Å². The summed E-state index contributed by atoms with van der Waals surface area (Å²) in [5.74, 6) is -0.101. The number of aromatic amines is 1. The van der Waals surface area contributed by atoms with Gasteiger partial charge in [0.15, 0.2) is 0 Å². The molecule has 13 heavy (non-hydrogen) atoms. The highest BCUT2D eigenvalue weighted by Crippen LogP contribution is 1.99. The minimum Gasteiger partial charge on any atom is -0.345 e. The fraction of sp³-hybridized carbons (Fsp3) is 0.500. The van der Waals surface area contributed by atoms with Crippen molar-refractivity contribution < 1.29 is 4.79 Å². The van der Waals surface area contributed by atoms with Crippen molar-refractivity contribution in [2.24, 2.45) is 0 Å². The van der Waals surface area contributed by atoms with Gasteiger partial charge in [-0.3, -0.25) is 9.89 Å². The number of hydrogen-bond donors (Lipinski definition) is 3. The Balaban J connectivity index is 1.96. The molecule has 0 aliphatic carbocycles. The van der Waals surface area contributed by atoms with Gasteiger partial charge >= 0.3 is 0 Å². The minimum atomic E-state index is -0.101. The Hall–Kier alpha value is -1.36. The molecule has 1 aliphatic heterocycles. The number of nitrogens with zero attached hydrogens (tertiary/aromatic N) is 1. The second-order valence-electron chi connectivity index (χ2n) is 3.26. The zero-order chi connectivity index (χ0) is 9.26. The maximum absolute atomic E-state index is 11.4. The van der Waals surface area contributed by atoms with Gasteiger partial charge in [0.05, 0.1) is 6.04 Å². The predicted octanol–water partition coefficient (Wildman–Crippen LogP) is -0.580. The molecule has 0 aromatic carbocycles. The summed E-state index contributed by atoms with van der Waals surface area (Å²) in [6, 6.07) is 2.01. The van der Waals surface area contributed by atoms with E-state index in [-0.39, 0.29) is 11.9 Å². The van der Waals surface area contributed by atoms with E-state index >= 15 is 0 Å². The zero-order valence-corrected chi connectivity index (χ0v) is 7.42. The molecule has 0 bridgehead atoms. The lowest BCUT2D eigenvalue weighted by molar-refractivity contribution is 0.0919. The lowest BCUT2D eigenvalue weighted by Crippen LogP contribution is -2.56. The Morgan fingerprint density at radius 3 is 2.92 bits per heavy atom. The summed E-state index contributed by atoms with van der Waals surface area (Å²) in [6.07, 6.45) is 0. The van der Waals surface area contributed by atoms with Crippen LogP contribution >= 0.6 is 0 Å². The van der Waals surface area contributed by atoms with Crippen molar-refractivity contribution in [3.8, 4) is 0 Å². The number of carbonyl (C=O) groups excluding carboxylic acids is 1. The third kappa shape index (κ3) is 1.70. The van der Waals surface area contributed by atoms with E-state index in [2.05, 4.69) is 20.8 Å².